The first-order valence-electron chi connectivity index (χ1n) is 10.0. The van der Waals surface area contributed by atoms with E-state index in [1.165, 1.54) is 0 Å². The van der Waals surface area contributed by atoms with Crippen LogP contribution < -0.4 is 4.74 Å². The molecule has 0 spiro atoms. The van der Waals surface area contributed by atoms with Gasteiger partial charge in [-0.2, -0.15) is 0 Å². The number of rotatable bonds is 2. The summed E-state index contributed by atoms with van der Waals surface area (Å²) in [5.41, 5.74) is 4.84. The number of Topliss-reactive ketones (excluding diaryl/α,β-unsaturated/α-hetero) is 2. The van der Waals surface area contributed by atoms with Crippen LogP contribution in [0.25, 0.3) is 0 Å². The Morgan fingerprint density at radius 1 is 0.931 bits per heavy atom. The Hall–Kier alpha value is -3.01. The molecular weight excluding hydrogens is 362 g/mol. The monoisotopic (exact) mass is 385 g/mol. The van der Waals surface area contributed by atoms with Crippen LogP contribution in [-0.4, -0.2) is 24.4 Å². The number of carbonyl (C=O) groups is 2. The number of allylic oxidation sites excluding steroid dienone is 2. The number of carbonyl (C=O) groups excluding carboxylic acids is 2. The van der Waals surface area contributed by atoms with E-state index in [9.17, 15) is 9.59 Å². The predicted molar refractivity (Wildman–Crippen MR) is 112 cm³/mol. The second-order valence-corrected chi connectivity index (χ2v) is 8.94. The van der Waals surface area contributed by atoms with Gasteiger partial charge in [0.15, 0.2) is 11.6 Å². The minimum atomic E-state index is -0.440. The second-order valence-electron chi connectivity index (χ2n) is 8.94. The maximum absolute atomic E-state index is 13.4. The lowest BCUT2D eigenvalue weighted by Gasteiger charge is -2.38. The summed E-state index contributed by atoms with van der Waals surface area (Å²) in [6.45, 7) is 4.22. The van der Waals surface area contributed by atoms with Gasteiger partial charge in [-0.15, -0.1) is 0 Å². The van der Waals surface area contributed by atoms with Gasteiger partial charge in [0.1, 0.15) is 5.75 Å². The van der Waals surface area contributed by atoms with Gasteiger partial charge in [0.2, 0.25) is 0 Å². The van der Waals surface area contributed by atoms with Crippen molar-refractivity contribution in [2.24, 2.45) is 16.3 Å². The standard InChI is InChI=1S/C25H23NO3/c1-25(2)12-18-21(19(27)13-25)20(14-8-10-15(29-3)11-9-14)22-23(26-18)16-6-4-5-7-17(16)24(22)28/h4-11,20,22H,12-13H2,1-3H3/t20-,22-/m1/s1. The lowest BCUT2D eigenvalue weighted by molar-refractivity contribution is -0.118. The molecule has 2 atom stereocenters. The van der Waals surface area contributed by atoms with E-state index < -0.39 is 5.92 Å². The molecule has 5 rings (SSSR count). The number of hydrogen-bond acceptors (Lipinski definition) is 4. The molecule has 29 heavy (non-hydrogen) atoms. The summed E-state index contributed by atoms with van der Waals surface area (Å²) < 4.78 is 5.30. The number of hydrogen-bond donors (Lipinski definition) is 0. The molecule has 4 nitrogen and oxygen atoms in total. The number of methoxy groups -OCH3 is 1. The molecule has 0 saturated carbocycles. The van der Waals surface area contributed by atoms with E-state index in [4.69, 9.17) is 9.73 Å². The highest BCUT2D eigenvalue weighted by molar-refractivity contribution is 6.30. The summed E-state index contributed by atoms with van der Waals surface area (Å²) in [5.74, 6) is 0.189. The number of ether oxygens (including phenoxy) is 1. The van der Waals surface area contributed by atoms with Crippen molar-refractivity contribution in [2.75, 3.05) is 7.11 Å². The van der Waals surface area contributed by atoms with Crippen molar-refractivity contribution in [2.45, 2.75) is 32.6 Å². The van der Waals surface area contributed by atoms with Crippen LogP contribution in [0.15, 0.2) is 64.8 Å². The Kier molecular flexibility index (Phi) is 3.89. The zero-order valence-corrected chi connectivity index (χ0v) is 16.9. The molecule has 0 amide bonds. The lowest BCUT2D eigenvalue weighted by Crippen LogP contribution is -2.37. The van der Waals surface area contributed by atoms with Gasteiger partial charge in [-0.1, -0.05) is 50.2 Å². The smallest absolute Gasteiger partial charge is 0.173 e. The van der Waals surface area contributed by atoms with Gasteiger partial charge in [-0.05, 0) is 29.5 Å². The molecule has 0 bridgehead atoms. The first-order valence-corrected chi connectivity index (χ1v) is 10.0. The molecular formula is C25H23NO3. The van der Waals surface area contributed by atoms with E-state index in [2.05, 4.69) is 13.8 Å². The third-order valence-electron chi connectivity index (χ3n) is 6.32. The molecule has 4 heteroatoms. The van der Waals surface area contributed by atoms with Gasteiger partial charge in [-0.25, -0.2) is 0 Å². The van der Waals surface area contributed by atoms with Gasteiger partial charge >= 0.3 is 0 Å². The summed E-state index contributed by atoms with van der Waals surface area (Å²) in [4.78, 5) is 31.6. The molecule has 0 unspecified atom stereocenters. The van der Waals surface area contributed by atoms with E-state index in [0.29, 0.717) is 12.0 Å². The largest absolute Gasteiger partial charge is 0.497 e. The third-order valence-corrected chi connectivity index (χ3v) is 6.32. The first kappa shape index (κ1) is 18.0. The molecule has 2 aromatic carbocycles. The van der Waals surface area contributed by atoms with E-state index in [1.807, 2.05) is 48.5 Å². The summed E-state index contributed by atoms with van der Waals surface area (Å²) in [6, 6.07) is 15.4. The molecule has 2 aliphatic carbocycles. The molecule has 1 heterocycles. The molecule has 146 valence electrons. The Bertz CT molecular complexity index is 1110. The Morgan fingerprint density at radius 2 is 1.62 bits per heavy atom. The Morgan fingerprint density at radius 3 is 2.31 bits per heavy atom. The zero-order valence-electron chi connectivity index (χ0n) is 16.9. The highest BCUT2D eigenvalue weighted by Crippen LogP contribution is 2.51. The van der Waals surface area contributed by atoms with Gasteiger partial charge in [0.05, 0.1) is 18.7 Å². The minimum absolute atomic E-state index is 0.0596. The molecule has 0 radical (unpaired) electrons. The highest BCUT2D eigenvalue weighted by atomic mass is 16.5. The summed E-state index contributed by atoms with van der Waals surface area (Å²) in [5, 5.41) is 0. The SMILES string of the molecule is COc1ccc([C@@H]2C3=C(CC(C)(C)CC3=O)N=C3c4ccccc4C(=O)[C@@H]32)cc1. The number of ketones is 2. The molecule has 0 saturated heterocycles. The summed E-state index contributed by atoms with van der Waals surface area (Å²) in [6.07, 6.45) is 1.23. The average molecular weight is 385 g/mol. The maximum atomic E-state index is 13.4. The van der Waals surface area contributed by atoms with Crippen molar-refractivity contribution < 1.29 is 14.3 Å². The number of benzene rings is 2. The molecule has 0 fully saturated rings. The quantitative estimate of drug-likeness (QED) is 0.750. The number of fused-ring (bicyclic) bond motifs is 3. The van der Waals surface area contributed by atoms with Crippen molar-refractivity contribution in [1.29, 1.82) is 0 Å². The van der Waals surface area contributed by atoms with E-state index in [-0.39, 0.29) is 22.9 Å². The second kappa shape index (κ2) is 6.24. The van der Waals surface area contributed by atoms with Gasteiger partial charge in [-0.3, -0.25) is 14.6 Å². The average Bonchev–Trinajstić information content (AvgIpc) is 2.98. The van der Waals surface area contributed by atoms with E-state index >= 15 is 0 Å². The Labute approximate surface area is 170 Å². The van der Waals surface area contributed by atoms with Crippen LogP contribution in [-0.2, 0) is 4.79 Å². The normalized spacial score (nSPS) is 24.6. The fourth-order valence-corrected chi connectivity index (χ4v) is 5.06. The van der Waals surface area contributed by atoms with Crippen molar-refractivity contribution in [3.05, 3.63) is 76.5 Å². The number of nitrogens with zero attached hydrogens (tertiary/aromatic N) is 1. The van der Waals surface area contributed by atoms with E-state index in [0.717, 1.165) is 40.3 Å². The van der Waals surface area contributed by atoms with Crippen molar-refractivity contribution >= 4 is 17.3 Å². The van der Waals surface area contributed by atoms with Crippen molar-refractivity contribution in [1.82, 2.24) is 0 Å². The maximum Gasteiger partial charge on any atom is 0.173 e. The molecule has 3 aliphatic rings. The lowest BCUT2D eigenvalue weighted by atomic mass is 9.66. The predicted octanol–water partition coefficient (Wildman–Crippen LogP) is 4.74. The van der Waals surface area contributed by atoms with Gasteiger partial charge < -0.3 is 4.74 Å². The molecule has 2 aromatic rings. The van der Waals surface area contributed by atoms with Crippen molar-refractivity contribution in [3.8, 4) is 5.75 Å². The fraction of sp³-hybridized carbons (Fsp3) is 0.320. The zero-order chi connectivity index (χ0) is 20.3. The molecule has 0 N–H and O–H groups in total. The van der Waals surface area contributed by atoms with Crippen LogP contribution in [0.2, 0.25) is 0 Å². The fourth-order valence-electron chi connectivity index (χ4n) is 5.06. The van der Waals surface area contributed by atoms with Crippen LogP contribution in [0.5, 0.6) is 5.75 Å². The molecule has 0 aromatic heterocycles. The Balaban J connectivity index is 1.74. The van der Waals surface area contributed by atoms with Gasteiger partial charge in [0, 0.05) is 34.7 Å². The summed E-state index contributed by atoms with van der Waals surface area (Å²) >= 11 is 0. The molecule has 1 aliphatic heterocycles. The van der Waals surface area contributed by atoms with Gasteiger partial charge in [0.25, 0.3) is 0 Å². The van der Waals surface area contributed by atoms with Crippen LogP contribution >= 0.6 is 0 Å². The topological polar surface area (TPSA) is 55.7 Å². The number of aliphatic imine (C=N–C) groups is 1. The van der Waals surface area contributed by atoms with E-state index in [1.54, 1.807) is 7.11 Å². The van der Waals surface area contributed by atoms with Crippen LogP contribution in [0.3, 0.4) is 0 Å². The van der Waals surface area contributed by atoms with Crippen LogP contribution in [0.4, 0.5) is 0 Å². The third kappa shape index (κ3) is 2.70. The summed E-state index contributed by atoms with van der Waals surface area (Å²) in [7, 11) is 1.63. The van der Waals surface area contributed by atoms with Crippen molar-refractivity contribution in [3.63, 3.8) is 0 Å². The minimum Gasteiger partial charge on any atom is -0.497 e. The van der Waals surface area contributed by atoms with Crippen LogP contribution in [0.1, 0.15) is 54.1 Å². The van der Waals surface area contributed by atoms with Crippen LogP contribution in [0, 0.1) is 11.3 Å². The first-order chi connectivity index (χ1) is 13.9. The highest BCUT2D eigenvalue weighted by Gasteiger charge is 2.50.